The largest absolute Gasteiger partial charge is 0.393 e. The predicted octanol–water partition coefficient (Wildman–Crippen LogP) is 0.174. The van der Waals surface area contributed by atoms with E-state index in [-0.39, 0.29) is 23.2 Å². The first-order chi connectivity index (χ1) is 8.50. The summed E-state index contributed by atoms with van der Waals surface area (Å²) in [6.07, 6.45) is 1.56. The van der Waals surface area contributed by atoms with Crippen molar-refractivity contribution in [3.05, 3.63) is 16.4 Å². The number of aromatic nitrogens is 2. The second-order valence-corrected chi connectivity index (χ2v) is 4.42. The quantitative estimate of drug-likeness (QED) is 0.582. The lowest BCUT2D eigenvalue weighted by Gasteiger charge is -2.18. The van der Waals surface area contributed by atoms with Gasteiger partial charge in [0.1, 0.15) is 6.33 Å². The first-order valence-electron chi connectivity index (χ1n) is 5.68. The minimum absolute atomic E-state index is 0.0980. The molecule has 1 aromatic heterocycles. The van der Waals surface area contributed by atoms with E-state index in [4.69, 9.17) is 5.73 Å². The average Bonchev–Trinajstić information content (AvgIpc) is 2.77. The zero-order valence-corrected chi connectivity index (χ0v) is 9.98. The van der Waals surface area contributed by atoms with Crippen LogP contribution < -0.4 is 10.6 Å². The Morgan fingerprint density at radius 3 is 2.94 bits per heavy atom. The van der Waals surface area contributed by atoms with Crippen LogP contribution in [0.15, 0.2) is 6.33 Å². The maximum Gasteiger partial charge on any atom is 0.353 e. The number of rotatable bonds is 3. The number of nitrogen functional groups attached to an aromatic ring is 1. The van der Waals surface area contributed by atoms with Gasteiger partial charge in [0, 0.05) is 19.0 Å². The number of aliphatic hydroxyl groups excluding tert-OH is 1. The molecule has 0 spiro atoms. The van der Waals surface area contributed by atoms with Crippen molar-refractivity contribution in [1.82, 2.24) is 9.97 Å². The Morgan fingerprint density at radius 1 is 1.67 bits per heavy atom. The number of hydrogen-bond donors (Lipinski definition) is 2. The lowest BCUT2D eigenvalue weighted by molar-refractivity contribution is -0.383. The molecule has 2 heterocycles. The summed E-state index contributed by atoms with van der Waals surface area (Å²) in [5, 5.41) is 20.5. The molecule has 0 radical (unpaired) electrons. The molecule has 0 bridgehead atoms. The third kappa shape index (κ3) is 2.19. The molecule has 1 aliphatic rings. The van der Waals surface area contributed by atoms with Crippen LogP contribution in [-0.2, 0) is 0 Å². The highest BCUT2D eigenvalue weighted by molar-refractivity contribution is 5.68. The second kappa shape index (κ2) is 4.73. The van der Waals surface area contributed by atoms with Gasteiger partial charge in [0.2, 0.25) is 11.6 Å². The summed E-state index contributed by atoms with van der Waals surface area (Å²) in [7, 11) is 0. The van der Waals surface area contributed by atoms with Crippen LogP contribution in [0.25, 0.3) is 0 Å². The van der Waals surface area contributed by atoms with Crippen LogP contribution in [0.4, 0.5) is 17.3 Å². The smallest absolute Gasteiger partial charge is 0.353 e. The van der Waals surface area contributed by atoms with Crippen LogP contribution in [0, 0.1) is 16.0 Å². The summed E-state index contributed by atoms with van der Waals surface area (Å²) >= 11 is 0. The number of nitrogens with two attached hydrogens (primary N) is 1. The molecular weight excluding hydrogens is 238 g/mol. The molecule has 98 valence electrons. The van der Waals surface area contributed by atoms with Gasteiger partial charge < -0.3 is 15.7 Å². The summed E-state index contributed by atoms with van der Waals surface area (Å²) in [5.74, 6) is 0.196. The fraction of sp³-hybridized carbons (Fsp3) is 0.600. The van der Waals surface area contributed by atoms with E-state index in [0.29, 0.717) is 13.1 Å². The summed E-state index contributed by atoms with van der Waals surface area (Å²) in [5.41, 5.74) is 5.26. The van der Waals surface area contributed by atoms with Crippen molar-refractivity contribution in [3.8, 4) is 0 Å². The fourth-order valence-corrected chi connectivity index (χ4v) is 2.16. The van der Waals surface area contributed by atoms with E-state index in [1.165, 1.54) is 6.33 Å². The van der Waals surface area contributed by atoms with Gasteiger partial charge in [-0.25, -0.2) is 9.97 Å². The zero-order valence-electron chi connectivity index (χ0n) is 9.98. The van der Waals surface area contributed by atoms with Crippen molar-refractivity contribution in [2.75, 3.05) is 23.7 Å². The molecule has 8 heteroatoms. The van der Waals surface area contributed by atoms with Crippen LogP contribution in [0.2, 0.25) is 0 Å². The average molecular weight is 253 g/mol. The van der Waals surface area contributed by atoms with Gasteiger partial charge in [0.15, 0.2) is 0 Å². The van der Waals surface area contributed by atoms with Gasteiger partial charge in [-0.05, 0) is 13.3 Å². The third-order valence-corrected chi connectivity index (χ3v) is 3.22. The molecule has 0 aliphatic carbocycles. The predicted molar refractivity (Wildman–Crippen MR) is 65.1 cm³/mol. The summed E-state index contributed by atoms with van der Waals surface area (Å²) in [4.78, 5) is 19.8. The van der Waals surface area contributed by atoms with E-state index in [1.54, 1.807) is 11.8 Å². The van der Waals surface area contributed by atoms with E-state index in [1.807, 2.05) is 0 Å². The van der Waals surface area contributed by atoms with Gasteiger partial charge >= 0.3 is 5.69 Å². The Hall–Kier alpha value is -1.96. The first kappa shape index (κ1) is 12.5. The Bertz CT molecular complexity index is 465. The van der Waals surface area contributed by atoms with Crippen LogP contribution in [0.5, 0.6) is 0 Å². The van der Waals surface area contributed by atoms with Crippen molar-refractivity contribution in [2.45, 2.75) is 19.4 Å². The molecule has 0 saturated carbocycles. The van der Waals surface area contributed by atoms with Gasteiger partial charge in [0.25, 0.3) is 0 Å². The number of nitrogens with zero attached hydrogens (tertiary/aromatic N) is 4. The topological polar surface area (TPSA) is 118 Å². The standard InChI is InChI=1S/C10H15N5O3/c1-6(16)7-2-3-14(4-7)10-8(15(17)18)9(11)12-5-13-10/h5-7,16H,2-4H2,1H3,(H2,11,12,13). The Balaban J connectivity index is 2.30. The summed E-state index contributed by atoms with van der Waals surface area (Å²) in [6.45, 7) is 2.87. The van der Waals surface area contributed by atoms with Crippen molar-refractivity contribution >= 4 is 17.3 Å². The maximum atomic E-state index is 11.0. The molecule has 2 rings (SSSR count). The molecule has 0 aromatic carbocycles. The number of nitro groups is 1. The lowest BCUT2D eigenvalue weighted by Crippen LogP contribution is -2.25. The highest BCUT2D eigenvalue weighted by Crippen LogP contribution is 2.33. The molecule has 1 aromatic rings. The van der Waals surface area contributed by atoms with Crippen LogP contribution in [-0.4, -0.2) is 39.2 Å². The normalized spacial score (nSPS) is 21.0. The highest BCUT2D eigenvalue weighted by Gasteiger charge is 2.32. The molecule has 18 heavy (non-hydrogen) atoms. The minimum Gasteiger partial charge on any atom is -0.393 e. The summed E-state index contributed by atoms with van der Waals surface area (Å²) in [6, 6.07) is 0. The lowest BCUT2D eigenvalue weighted by atomic mass is 10.0. The van der Waals surface area contributed by atoms with Crippen molar-refractivity contribution in [2.24, 2.45) is 5.92 Å². The van der Waals surface area contributed by atoms with E-state index in [2.05, 4.69) is 9.97 Å². The Morgan fingerprint density at radius 2 is 2.39 bits per heavy atom. The molecular formula is C10H15N5O3. The van der Waals surface area contributed by atoms with Crippen molar-refractivity contribution in [3.63, 3.8) is 0 Å². The third-order valence-electron chi connectivity index (χ3n) is 3.22. The Labute approximate surface area is 104 Å². The molecule has 0 amide bonds. The van der Waals surface area contributed by atoms with Crippen LogP contribution >= 0.6 is 0 Å². The molecule has 1 saturated heterocycles. The maximum absolute atomic E-state index is 11.0. The summed E-state index contributed by atoms with van der Waals surface area (Å²) < 4.78 is 0. The minimum atomic E-state index is -0.569. The number of aliphatic hydroxyl groups is 1. The molecule has 1 aliphatic heterocycles. The van der Waals surface area contributed by atoms with E-state index in [0.717, 1.165) is 6.42 Å². The molecule has 1 fully saturated rings. The molecule has 2 unspecified atom stereocenters. The van der Waals surface area contributed by atoms with E-state index in [9.17, 15) is 15.2 Å². The number of hydrogen-bond acceptors (Lipinski definition) is 7. The molecule has 2 atom stereocenters. The van der Waals surface area contributed by atoms with Gasteiger partial charge in [-0.2, -0.15) is 0 Å². The first-order valence-corrected chi connectivity index (χ1v) is 5.68. The van der Waals surface area contributed by atoms with Gasteiger partial charge in [-0.15, -0.1) is 0 Å². The van der Waals surface area contributed by atoms with Gasteiger partial charge in [-0.3, -0.25) is 10.1 Å². The van der Waals surface area contributed by atoms with E-state index < -0.39 is 11.0 Å². The highest BCUT2D eigenvalue weighted by atomic mass is 16.6. The number of anilines is 2. The monoisotopic (exact) mass is 253 g/mol. The Kier molecular flexibility index (Phi) is 3.28. The van der Waals surface area contributed by atoms with E-state index >= 15 is 0 Å². The van der Waals surface area contributed by atoms with Crippen LogP contribution in [0.3, 0.4) is 0 Å². The van der Waals surface area contributed by atoms with Gasteiger partial charge in [-0.1, -0.05) is 0 Å². The SMILES string of the molecule is CC(O)C1CCN(c2ncnc(N)c2[N+](=O)[O-])C1. The molecule has 3 N–H and O–H groups in total. The van der Waals surface area contributed by atoms with Gasteiger partial charge in [0.05, 0.1) is 11.0 Å². The van der Waals surface area contributed by atoms with Crippen molar-refractivity contribution < 1.29 is 10.0 Å². The molecule has 8 nitrogen and oxygen atoms in total. The fourth-order valence-electron chi connectivity index (χ4n) is 2.16. The second-order valence-electron chi connectivity index (χ2n) is 4.42. The van der Waals surface area contributed by atoms with Crippen molar-refractivity contribution in [1.29, 1.82) is 0 Å². The van der Waals surface area contributed by atoms with Crippen LogP contribution in [0.1, 0.15) is 13.3 Å². The zero-order chi connectivity index (χ0) is 13.3.